The quantitative estimate of drug-likeness (QED) is 0.858. The maximum atomic E-state index is 13.2. The lowest BCUT2D eigenvalue weighted by atomic mass is 10.1. The van der Waals surface area contributed by atoms with Crippen molar-refractivity contribution in [3.05, 3.63) is 29.0 Å². The third-order valence-corrected chi connectivity index (χ3v) is 5.73. The molecule has 116 valence electrons. The van der Waals surface area contributed by atoms with Crippen LogP contribution in [-0.4, -0.2) is 26.7 Å². The van der Waals surface area contributed by atoms with Crippen LogP contribution in [-0.2, 0) is 19.6 Å². The highest BCUT2D eigenvalue weighted by Gasteiger charge is 2.42. The average molecular weight is 336 g/mol. The fraction of sp³-hybridized carbons (Fsp3) is 0.462. The van der Waals surface area contributed by atoms with Crippen LogP contribution >= 0.6 is 11.6 Å². The van der Waals surface area contributed by atoms with Gasteiger partial charge in [-0.3, -0.25) is 9.52 Å². The zero-order valence-corrected chi connectivity index (χ0v) is 12.9. The normalized spacial score (nSPS) is 22.0. The Hall–Kier alpha value is -1.34. The lowest BCUT2D eigenvalue weighted by molar-refractivity contribution is -0.145. The molecule has 1 saturated carbocycles. The van der Waals surface area contributed by atoms with Crippen LogP contribution in [0.3, 0.4) is 0 Å². The van der Waals surface area contributed by atoms with Gasteiger partial charge in [-0.25, -0.2) is 12.8 Å². The number of nitrogens with one attached hydrogen (secondary N) is 1. The third kappa shape index (κ3) is 3.47. The Kier molecular flexibility index (Phi) is 4.73. The summed E-state index contributed by atoms with van der Waals surface area (Å²) in [5.74, 6) is -1.86. The molecule has 0 saturated heterocycles. The van der Waals surface area contributed by atoms with Crippen molar-refractivity contribution in [3.63, 3.8) is 0 Å². The third-order valence-electron chi connectivity index (χ3n) is 3.54. The first-order valence-electron chi connectivity index (χ1n) is 6.39. The summed E-state index contributed by atoms with van der Waals surface area (Å²) in [5.41, 5.74) is -0.0350. The molecule has 8 heteroatoms. The number of sulfonamides is 1. The maximum Gasteiger partial charge on any atom is 0.310 e. The molecule has 0 amide bonds. The van der Waals surface area contributed by atoms with Gasteiger partial charge in [-0.05, 0) is 31.0 Å². The van der Waals surface area contributed by atoms with Crippen LogP contribution in [0.1, 0.15) is 19.3 Å². The highest BCUT2D eigenvalue weighted by Crippen LogP contribution is 2.34. The van der Waals surface area contributed by atoms with Gasteiger partial charge in [-0.1, -0.05) is 18.0 Å². The molecule has 21 heavy (non-hydrogen) atoms. The number of hydrogen-bond acceptors (Lipinski definition) is 4. The van der Waals surface area contributed by atoms with Crippen LogP contribution in [0, 0.1) is 11.7 Å². The molecule has 1 aliphatic rings. The minimum atomic E-state index is -3.86. The van der Waals surface area contributed by atoms with Crippen LogP contribution in [0.4, 0.5) is 10.1 Å². The molecule has 0 spiro atoms. The minimum absolute atomic E-state index is 0.0350. The highest BCUT2D eigenvalue weighted by molar-refractivity contribution is 7.93. The van der Waals surface area contributed by atoms with E-state index in [4.69, 9.17) is 11.6 Å². The van der Waals surface area contributed by atoms with Gasteiger partial charge in [0.05, 0.1) is 29.0 Å². The molecule has 0 heterocycles. The van der Waals surface area contributed by atoms with Crippen LogP contribution < -0.4 is 4.72 Å². The van der Waals surface area contributed by atoms with E-state index >= 15 is 0 Å². The topological polar surface area (TPSA) is 72.5 Å². The molecule has 2 unspecified atom stereocenters. The number of carbonyl (C=O) groups is 1. The summed E-state index contributed by atoms with van der Waals surface area (Å²) in [6.45, 7) is 0. The summed E-state index contributed by atoms with van der Waals surface area (Å²) in [4.78, 5) is 11.6. The van der Waals surface area contributed by atoms with E-state index in [9.17, 15) is 17.6 Å². The summed E-state index contributed by atoms with van der Waals surface area (Å²) >= 11 is 5.85. The van der Waals surface area contributed by atoms with Crippen molar-refractivity contribution in [1.29, 1.82) is 0 Å². The van der Waals surface area contributed by atoms with E-state index in [0.29, 0.717) is 19.3 Å². The van der Waals surface area contributed by atoms with Crippen molar-refractivity contribution in [2.24, 2.45) is 5.92 Å². The second kappa shape index (κ2) is 6.19. The fourth-order valence-corrected chi connectivity index (χ4v) is 4.53. The van der Waals surface area contributed by atoms with Gasteiger partial charge in [0.2, 0.25) is 10.0 Å². The van der Waals surface area contributed by atoms with Gasteiger partial charge in [0.1, 0.15) is 5.82 Å². The molecule has 1 aromatic carbocycles. The van der Waals surface area contributed by atoms with Gasteiger partial charge in [0.25, 0.3) is 0 Å². The SMILES string of the molecule is COC(=O)C1CCCC1S(=O)(=O)Nc1cc(F)ccc1Cl. The Balaban J connectivity index is 2.25. The Morgan fingerprint density at radius 3 is 2.81 bits per heavy atom. The lowest BCUT2D eigenvalue weighted by Gasteiger charge is -2.19. The first kappa shape index (κ1) is 16.0. The van der Waals surface area contributed by atoms with Crippen molar-refractivity contribution in [1.82, 2.24) is 0 Å². The Bertz CT molecular complexity index is 650. The van der Waals surface area contributed by atoms with E-state index in [-0.39, 0.29) is 10.7 Å². The van der Waals surface area contributed by atoms with E-state index < -0.39 is 33.0 Å². The molecule has 0 radical (unpaired) electrons. The van der Waals surface area contributed by atoms with Crippen LogP contribution in [0.25, 0.3) is 0 Å². The number of benzene rings is 1. The van der Waals surface area contributed by atoms with Crippen molar-refractivity contribution in [2.75, 3.05) is 11.8 Å². The number of ether oxygens (including phenoxy) is 1. The van der Waals surface area contributed by atoms with Gasteiger partial charge in [0.15, 0.2) is 0 Å². The van der Waals surface area contributed by atoms with Crippen LogP contribution in [0.5, 0.6) is 0 Å². The van der Waals surface area contributed by atoms with E-state index in [1.54, 1.807) is 0 Å². The average Bonchev–Trinajstić information content (AvgIpc) is 2.92. The standard InChI is InChI=1S/C13H15ClFNO4S/c1-20-13(17)9-3-2-4-12(9)21(18,19)16-11-7-8(15)5-6-10(11)14/h5-7,9,12,16H,2-4H2,1H3. The zero-order chi connectivity index (χ0) is 15.6. The molecule has 1 aliphatic carbocycles. The molecule has 2 atom stereocenters. The monoisotopic (exact) mass is 335 g/mol. The van der Waals surface area contributed by atoms with Gasteiger partial charge in [0, 0.05) is 0 Å². The number of anilines is 1. The molecule has 5 nitrogen and oxygen atoms in total. The largest absolute Gasteiger partial charge is 0.469 e. The molecular formula is C13H15ClFNO4S. The minimum Gasteiger partial charge on any atom is -0.469 e. The first-order chi connectivity index (χ1) is 9.85. The zero-order valence-electron chi connectivity index (χ0n) is 11.3. The van der Waals surface area contributed by atoms with Gasteiger partial charge < -0.3 is 4.74 Å². The molecule has 0 aromatic heterocycles. The predicted octanol–water partition coefficient (Wildman–Crippen LogP) is 2.56. The van der Waals surface area contributed by atoms with Crippen LogP contribution in [0.15, 0.2) is 18.2 Å². The predicted molar refractivity (Wildman–Crippen MR) is 77.1 cm³/mol. The van der Waals surface area contributed by atoms with Crippen molar-refractivity contribution in [2.45, 2.75) is 24.5 Å². The summed E-state index contributed by atoms with van der Waals surface area (Å²) in [6, 6.07) is 3.40. The number of rotatable bonds is 4. The van der Waals surface area contributed by atoms with Crippen molar-refractivity contribution < 1.29 is 22.3 Å². The summed E-state index contributed by atoms with van der Waals surface area (Å²) in [6.07, 6.45) is 1.42. The summed E-state index contributed by atoms with van der Waals surface area (Å²) < 4.78 is 44.9. The second-order valence-corrected chi connectivity index (χ2v) is 7.18. The summed E-state index contributed by atoms with van der Waals surface area (Å²) in [7, 11) is -2.64. The molecule has 1 N–H and O–H groups in total. The van der Waals surface area contributed by atoms with E-state index in [1.807, 2.05) is 0 Å². The number of methoxy groups -OCH3 is 1. The molecule has 2 rings (SSSR count). The lowest BCUT2D eigenvalue weighted by Crippen LogP contribution is -2.35. The molecule has 1 aromatic rings. The van der Waals surface area contributed by atoms with E-state index in [2.05, 4.69) is 9.46 Å². The number of halogens is 2. The molecule has 1 fully saturated rings. The van der Waals surface area contributed by atoms with E-state index in [1.165, 1.54) is 13.2 Å². The summed E-state index contributed by atoms with van der Waals surface area (Å²) in [5, 5.41) is -0.808. The number of carbonyl (C=O) groups excluding carboxylic acids is 1. The Labute approximate surface area is 127 Å². The van der Waals surface area contributed by atoms with E-state index in [0.717, 1.165) is 12.1 Å². The van der Waals surface area contributed by atoms with Gasteiger partial charge >= 0.3 is 5.97 Å². The molecule has 0 aliphatic heterocycles. The number of esters is 1. The highest BCUT2D eigenvalue weighted by atomic mass is 35.5. The first-order valence-corrected chi connectivity index (χ1v) is 8.32. The molecular weight excluding hydrogens is 321 g/mol. The van der Waals surface area contributed by atoms with Crippen LogP contribution in [0.2, 0.25) is 5.02 Å². The van der Waals surface area contributed by atoms with Gasteiger partial charge in [-0.2, -0.15) is 0 Å². The number of hydrogen-bond donors (Lipinski definition) is 1. The Morgan fingerprint density at radius 2 is 2.14 bits per heavy atom. The van der Waals surface area contributed by atoms with Crippen molar-refractivity contribution >= 4 is 33.3 Å². The van der Waals surface area contributed by atoms with Crippen molar-refractivity contribution in [3.8, 4) is 0 Å². The maximum absolute atomic E-state index is 13.2. The molecule has 0 bridgehead atoms. The smallest absolute Gasteiger partial charge is 0.310 e. The van der Waals surface area contributed by atoms with Gasteiger partial charge in [-0.15, -0.1) is 0 Å². The Morgan fingerprint density at radius 1 is 1.43 bits per heavy atom. The fourth-order valence-electron chi connectivity index (χ4n) is 2.52. The second-order valence-electron chi connectivity index (χ2n) is 4.87.